The van der Waals surface area contributed by atoms with Crippen LogP contribution in [0.3, 0.4) is 0 Å². The smallest absolute Gasteiger partial charge is 0.273 e. The molecule has 0 unspecified atom stereocenters. The topological polar surface area (TPSA) is 55.2 Å². The quantitative estimate of drug-likeness (QED) is 0.665. The monoisotopic (exact) mass is 334 g/mol. The summed E-state index contributed by atoms with van der Waals surface area (Å²) in [5, 5.41) is 14.1. The molecule has 0 aliphatic carbocycles. The minimum atomic E-state index is -0.348. The largest absolute Gasteiger partial charge is 0.308 e. The van der Waals surface area contributed by atoms with E-state index in [4.69, 9.17) is 0 Å². The van der Waals surface area contributed by atoms with E-state index in [2.05, 4.69) is 27.3 Å². The van der Waals surface area contributed by atoms with Gasteiger partial charge in [0.05, 0.1) is 4.92 Å². The van der Waals surface area contributed by atoms with Gasteiger partial charge in [-0.15, -0.1) is 0 Å². The maximum absolute atomic E-state index is 10.9. The van der Waals surface area contributed by atoms with E-state index in [1.54, 1.807) is 12.1 Å². The van der Waals surface area contributed by atoms with Crippen LogP contribution in [0.5, 0.6) is 0 Å². The third-order valence-electron chi connectivity index (χ3n) is 3.07. The Kier molecular flexibility index (Phi) is 4.87. The molecular formula is C15H15BrN2O2. The third kappa shape index (κ3) is 3.65. The number of nitrogens with zero attached hydrogens (tertiary/aromatic N) is 1. The van der Waals surface area contributed by atoms with Crippen LogP contribution in [0.4, 0.5) is 5.69 Å². The summed E-state index contributed by atoms with van der Waals surface area (Å²) in [5.41, 5.74) is 3.18. The fourth-order valence-corrected chi connectivity index (χ4v) is 2.35. The molecular weight excluding hydrogens is 320 g/mol. The SMILES string of the molecule is Cc1ccc(CNCc2ccccc2[N+](=O)[O-])cc1Br. The van der Waals surface area contributed by atoms with Crippen LogP contribution in [-0.2, 0) is 13.1 Å². The zero-order valence-electron chi connectivity index (χ0n) is 11.1. The number of hydrogen-bond acceptors (Lipinski definition) is 3. The Morgan fingerprint density at radius 2 is 1.95 bits per heavy atom. The Morgan fingerprint density at radius 1 is 1.20 bits per heavy atom. The highest BCUT2D eigenvalue weighted by Gasteiger charge is 2.11. The number of hydrogen-bond donors (Lipinski definition) is 1. The van der Waals surface area contributed by atoms with E-state index < -0.39 is 0 Å². The zero-order chi connectivity index (χ0) is 14.5. The van der Waals surface area contributed by atoms with Gasteiger partial charge >= 0.3 is 0 Å². The summed E-state index contributed by atoms with van der Waals surface area (Å²) < 4.78 is 1.07. The van der Waals surface area contributed by atoms with Gasteiger partial charge in [-0.3, -0.25) is 10.1 Å². The molecule has 5 heteroatoms. The molecule has 2 aromatic rings. The van der Waals surface area contributed by atoms with Crippen LogP contribution in [0.2, 0.25) is 0 Å². The Bertz CT molecular complexity index is 629. The predicted octanol–water partition coefficient (Wildman–Crippen LogP) is 3.96. The highest BCUT2D eigenvalue weighted by atomic mass is 79.9. The summed E-state index contributed by atoms with van der Waals surface area (Å²) in [6.45, 7) is 3.18. The third-order valence-corrected chi connectivity index (χ3v) is 3.92. The second-order valence-corrected chi connectivity index (χ2v) is 5.43. The maximum Gasteiger partial charge on any atom is 0.273 e. The van der Waals surface area contributed by atoms with E-state index in [0.717, 1.165) is 10.0 Å². The van der Waals surface area contributed by atoms with Crippen molar-refractivity contribution in [2.24, 2.45) is 0 Å². The Morgan fingerprint density at radius 3 is 2.65 bits per heavy atom. The van der Waals surface area contributed by atoms with Crippen molar-refractivity contribution in [1.82, 2.24) is 5.32 Å². The van der Waals surface area contributed by atoms with Crippen molar-refractivity contribution in [3.05, 3.63) is 73.7 Å². The van der Waals surface area contributed by atoms with E-state index in [1.807, 2.05) is 25.1 Å². The lowest BCUT2D eigenvalue weighted by atomic mass is 10.1. The predicted molar refractivity (Wildman–Crippen MR) is 82.5 cm³/mol. The molecule has 0 amide bonds. The van der Waals surface area contributed by atoms with Crippen molar-refractivity contribution < 1.29 is 4.92 Å². The average Bonchev–Trinajstić information content (AvgIpc) is 2.43. The summed E-state index contributed by atoms with van der Waals surface area (Å²) in [4.78, 5) is 10.6. The molecule has 0 aliphatic heterocycles. The van der Waals surface area contributed by atoms with Gasteiger partial charge in [0.2, 0.25) is 0 Å². The van der Waals surface area contributed by atoms with Gasteiger partial charge in [-0.2, -0.15) is 0 Å². The van der Waals surface area contributed by atoms with Crippen molar-refractivity contribution in [3.8, 4) is 0 Å². The van der Waals surface area contributed by atoms with Gasteiger partial charge in [0, 0.05) is 29.2 Å². The van der Waals surface area contributed by atoms with Crippen molar-refractivity contribution >= 4 is 21.6 Å². The Balaban J connectivity index is 1.99. The van der Waals surface area contributed by atoms with E-state index >= 15 is 0 Å². The molecule has 0 aromatic heterocycles. The second kappa shape index (κ2) is 6.63. The average molecular weight is 335 g/mol. The molecule has 0 spiro atoms. The van der Waals surface area contributed by atoms with Gasteiger partial charge in [-0.1, -0.05) is 46.3 Å². The Hall–Kier alpha value is -1.72. The van der Waals surface area contributed by atoms with Gasteiger partial charge < -0.3 is 5.32 Å². The molecule has 0 heterocycles. The van der Waals surface area contributed by atoms with Crippen molar-refractivity contribution in [2.75, 3.05) is 0 Å². The number of para-hydroxylation sites is 1. The molecule has 0 bridgehead atoms. The van der Waals surface area contributed by atoms with Crippen molar-refractivity contribution in [3.63, 3.8) is 0 Å². The molecule has 20 heavy (non-hydrogen) atoms. The van der Waals surface area contributed by atoms with Gasteiger partial charge in [0.15, 0.2) is 0 Å². The van der Waals surface area contributed by atoms with Gasteiger partial charge in [0.25, 0.3) is 5.69 Å². The number of aryl methyl sites for hydroxylation is 1. The van der Waals surface area contributed by atoms with Crippen LogP contribution in [0.15, 0.2) is 46.9 Å². The second-order valence-electron chi connectivity index (χ2n) is 4.57. The molecule has 0 saturated carbocycles. The number of rotatable bonds is 5. The number of benzene rings is 2. The summed E-state index contributed by atoms with van der Waals surface area (Å²) in [7, 11) is 0. The van der Waals surface area contributed by atoms with Crippen molar-refractivity contribution in [1.29, 1.82) is 0 Å². The molecule has 2 rings (SSSR count). The molecule has 4 nitrogen and oxygen atoms in total. The zero-order valence-corrected chi connectivity index (χ0v) is 12.7. The van der Waals surface area contributed by atoms with Crippen LogP contribution >= 0.6 is 15.9 Å². The van der Waals surface area contributed by atoms with E-state index in [9.17, 15) is 10.1 Å². The van der Waals surface area contributed by atoms with Crippen LogP contribution in [0, 0.1) is 17.0 Å². The maximum atomic E-state index is 10.9. The normalized spacial score (nSPS) is 10.5. The molecule has 1 N–H and O–H groups in total. The summed E-state index contributed by atoms with van der Waals surface area (Å²) in [6, 6.07) is 12.9. The molecule has 2 aromatic carbocycles. The van der Waals surface area contributed by atoms with Gasteiger partial charge in [0.1, 0.15) is 0 Å². The first-order valence-electron chi connectivity index (χ1n) is 6.26. The van der Waals surface area contributed by atoms with Gasteiger partial charge in [-0.25, -0.2) is 0 Å². The van der Waals surface area contributed by atoms with Crippen molar-refractivity contribution in [2.45, 2.75) is 20.0 Å². The van der Waals surface area contributed by atoms with Crippen LogP contribution in [0.1, 0.15) is 16.7 Å². The summed E-state index contributed by atoms with van der Waals surface area (Å²) in [5.74, 6) is 0. The first-order chi connectivity index (χ1) is 9.58. The molecule has 0 saturated heterocycles. The standard InChI is InChI=1S/C15H15BrN2O2/c1-11-6-7-12(8-14(11)16)9-17-10-13-4-2-3-5-15(13)18(19)20/h2-8,17H,9-10H2,1H3. The first kappa shape index (κ1) is 14.7. The minimum absolute atomic E-state index is 0.157. The lowest BCUT2D eigenvalue weighted by Crippen LogP contribution is -2.13. The van der Waals surface area contributed by atoms with Gasteiger partial charge in [-0.05, 0) is 24.1 Å². The van der Waals surface area contributed by atoms with E-state index in [0.29, 0.717) is 18.7 Å². The fourth-order valence-electron chi connectivity index (χ4n) is 1.93. The molecule has 0 radical (unpaired) electrons. The highest BCUT2D eigenvalue weighted by Crippen LogP contribution is 2.19. The molecule has 0 atom stereocenters. The molecule has 104 valence electrons. The van der Waals surface area contributed by atoms with E-state index in [-0.39, 0.29) is 10.6 Å². The number of nitrogens with one attached hydrogen (secondary N) is 1. The van der Waals surface area contributed by atoms with Crippen LogP contribution in [-0.4, -0.2) is 4.92 Å². The molecule has 0 aliphatic rings. The van der Waals surface area contributed by atoms with E-state index in [1.165, 1.54) is 11.6 Å². The summed E-state index contributed by atoms with van der Waals surface area (Å²) >= 11 is 3.50. The highest BCUT2D eigenvalue weighted by molar-refractivity contribution is 9.10. The fraction of sp³-hybridized carbons (Fsp3) is 0.200. The van der Waals surface area contributed by atoms with Crippen LogP contribution in [0.25, 0.3) is 0 Å². The molecule has 0 fully saturated rings. The Labute approximate surface area is 126 Å². The lowest BCUT2D eigenvalue weighted by molar-refractivity contribution is -0.385. The first-order valence-corrected chi connectivity index (χ1v) is 7.05. The lowest BCUT2D eigenvalue weighted by Gasteiger charge is -2.07. The minimum Gasteiger partial charge on any atom is -0.308 e. The number of halogens is 1. The van der Waals surface area contributed by atoms with Crippen LogP contribution < -0.4 is 5.32 Å². The number of nitro groups is 1. The number of nitro benzene ring substituents is 1. The summed E-state index contributed by atoms with van der Waals surface area (Å²) in [6.07, 6.45) is 0.